The Morgan fingerprint density at radius 1 is 1.11 bits per heavy atom. The monoisotopic (exact) mass is 288 g/mol. The average molecular weight is 289 g/mol. The van der Waals surface area contributed by atoms with Gasteiger partial charge >= 0.3 is 0 Å². The highest BCUT2D eigenvalue weighted by atomic mass is 35.5. The van der Waals surface area contributed by atoms with Crippen LogP contribution >= 0.6 is 22.9 Å². The molecule has 0 N–H and O–H groups in total. The van der Waals surface area contributed by atoms with E-state index >= 15 is 0 Å². The number of benzene rings is 1. The SMILES string of the molecule is Fc1cccc(C#Cc2nc3cscc3nc2Cl)c1. The van der Waals surface area contributed by atoms with Gasteiger partial charge in [-0.3, -0.25) is 0 Å². The minimum atomic E-state index is -0.322. The number of rotatable bonds is 0. The number of hydrogen-bond acceptors (Lipinski definition) is 3. The van der Waals surface area contributed by atoms with E-state index < -0.39 is 0 Å². The normalized spacial score (nSPS) is 10.2. The van der Waals surface area contributed by atoms with E-state index in [9.17, 15) is 4.39 Å². The highest BCUT2D eigenvalue weighted by molar-refractivity contribution is 7.09. The van der Waals surface area contributed by atoms with Crippen LogP contribution in [0.3, 0.4) is 0 Å². The Kier molecular flexibility index (Phi) is 3.16. The molecular weight excluding hydrogens is 283 g/mol. The van der Waals surface area contributed by atoms with E-state index in [1.54, 1.807) is 12.1 Å². The van der Waals surface area contributed by atoms with Gasteiger partial charge in [0.15, 0.2) is 10.8 Å². The molecule has 2 heterocycles. The van der Waals surface area contributed by atoms with E-state index in [0.29, 0.717) is 11.3 Å². The smallest absolute Gasteiger partial charge is 0.164 e. The third kappa shape index (κ3) is 2.58. The molecule has 5 heteroatoms. The topological polar surface area (TPSA) is 25.8 Å². The first kappa shape index (κ1) is 12.1. The Labute approximate surface area is 117 Å². The average Bonchev–Trinajstić information content (AvgIpc) is 2.83. The van der Waals surface area contributed by atoms with Crippen molar-refractivity contribution in [3.8, 4) is 11.8 Å². The highest BCUT2D eigenvalue weighted by Crippen LogP contribution is 2.19. The van der Waals surface area contributed by atoms with Crippen LogP contribution < -0.4 is 0 Å². The molecule has 0 aliphatic heterocycles. The van der Waals surface area contributed by atoms with E-state index in [2.05, 4.69) is 21.8 Å². The molecule has 0 aliphatic carbocycles. The number of aromatic nitrogens is 2. The summed E-state index contributed by atoms with van der Waals surface area (Å²) in [7, 11) is 0. The Morgan fingerprint density at radius 2 is 1.89 bits per heavy atom. The van der Waals surface area contributed by atoms with Crippen LogP contribution in [-0.4, -0.2) is 9.97 Å². The van der Waals surface area contributed by atoms with E-state index in [4.69, 9.17) is 11.6 Å². The maximum atomic E-state index is 13.0. The van der Waals surface area contributed by atoms with Crippen LogP contribution in [0, 0.1) is 17.7 Å². The molecule has 3 aromatic rings. The van der Waals surface area contributed by atoms with Crippen LogP contribution in [0.5, 0.6) is 0 Å². The first-order valence-electron chi connectivity index (χ1n) is 5.39. The standard InChI is InChI=1S/C14H6ClFN2S/c15-14-11(17-12-7-19-8-13(12)18-14)5-4-9-2-1-3-10(16)6-9/h1-3,6-8H. The maximum Gasteiger partial charge on any atom is 0.164 e. The number of halogens is 2. The second kappa shape index (κ2) is 4.96. The molecule has 0 bridgehead atoms. The molecule has 0 radical (unpaired) electrons. The molecule has 19 heavy (non-hydrogen) atoms. The molecule has 0 atom stereocenters. The van der Waals surface area contributed by atoms with Gasteiger partial charge in [-0.05, 0) is 24.1 Å². The Balaban J connectivity index is 2.04. The van der Waals surface area contributed by atoms with Crippen molar-refractivity contribution in [3.63, 3.8) is 0 Å². The second-order valence-corrected chi connectivity index (χ2v) is 4.87. The molecule has 0 saturated carbocycles. The van der Waals surface area contributed by atoms with Crippen LogP contribution in [0.25, 0.3) is 11.0 Å². The third-order valence-corrected chi connectivity index (χ3v) is 3.40. The van der Waals surface area contributed by atoms with Gasteiger partial charge in [-0.25, -0.2) is 14.4 Å². The molecule has 0 saturated heterocycles. The lowest BCUT2D eigenvalue weighted by atomic mass is 10.2. The summed E-state index contributed by atoms with van der Waals surface area (Å²) in [6.07, 6.45) is 0. The van der Waals surface area contributed by atoms with Gasteiger partial charge in [0.1, 0.15) is 16.9 Å². The molecular formula is C14H6ClFN2S. The molecule has 3 rings (SSSR count). The minimum absolute atomic E-state index is 0.259. The summed E-state index contributed by atoms with van der Waals surface area (Å²) >= 11 is 7.52. The van der Waals surface area contributed by atoms with Crippen LogP contribution in [0.2, 0.25) is 5.15 Å². The Morgan fingerprint density at radius 3 is 2.68 bits per heavy atom. The predicted octanol–water partition coefficient (Wildman–Crippen LogP) is 3.88. The Hall–Kier alpha value is -1.96. The number of thiophene rings is 1. The second-order valence-electron chi connectivity index (χ2n) is 3.77. The van der Waals surface area contributed by atoms with Gasteiger partial charge in [0.05, 0.1) is 0 Å². The van der Waals surface area contributed by atoms with Crippen LogP contribution in [0.1, 0.15) is 11.3 Å². The zero-order chi connectivity index (χ0) is 13.2. The van der Waals surface area contributed by atoms with Crippen molar-refractivity contribution in [1.82, 2.24) is 9.97 Å². The lowest BCUT2D eigenvalue weighted by Crippen LogP contribution is -1.89. The fourth-order valence-corrected chi connectivity index (χ4v) is 2.41. The molecule has 92 valence electrons. The van der Waals surface area contributed by atoms with Crippen molar-refractivity contribution in [3.05, 3.63) is 57.3 Å². The van der Waals surface area contributed by atoms with Crippen molar-refractivity contribution in [1.29, 1.82) is 0 Å². The maximum absolute atomic E-state index is 13.0. The fourth-order valence-electron chi connectivity index (χ4n) is 1.55. The third-order valence-electron chi connectivity index (χ3n) is 2.42. The zero-order valence-corrected chi connectivity index (χ0v) is 11.1. The molecule has 0 spiro atoms. The van der Waals surface area contributed by atoms with Crippen molar-refractivity contribution < 1.29 is 4.39 Å². The lowest BCUT2D eigenvalue weighted by Gasteiger charge is -1.95. The van der Waals surface area contributed by atoms with Gasteiger partial charge in [0, 0.05) is 16.3 Å². The predicted molar refractivity (Wildman–Crippen MR) is 74.8 cm³/mol. The summed E-state index contributed by atoms with van der Waals surface area (Å²) in [4.78, 5) is 8.52. The molecule has 0 unspecified atom stereocenters. The zero-order valence-electron chi connectivity index (χ0n) is 9.52. The summed E-state index contributed by atoms with van der Waals surface area (Å²) in [5.74, 6) is 5.32. The van der Waals surface area contributed by atoms with Gasteiger partial charge < -0.3 is 0 Å². The summed E-state index contributed by atoms with van der Waals surface area (Å²) in [5, 5.41) is 4.01. The Bertz CT molecular complexity index is 817. The molecule has 0 amide bonds. The molecule has 2 nitrogen and oxygen atoms in total. The summed E-state index contributed by atoms with van der Waals surface area (Å²) in [6.45, 7) is 0. The summed E-state index contributed by atoms with van der Waals surface area (Å²) in [6, 6.07) is 6.06. The van der Waals surface area contributed by atoms with Crippen LogP contribution in [0.4, 0.5) is 4.39 Å². The van der Waals surface area contributed by atoms with E-state index in [0.717, 1.165) is 11.0 Å². The summed E-state index contributed by atoms with van der Waals surface area (Å²) in [5.41, 5.74) is 2.49. The van der Waals surface area contributed by atoms with Crippen molar-refractivity contribution in [2.45, 2.75) is 0 Å². The fraction of sp³-hybridized carbons (Fsp3) is 0. The lowest BCUT2D eigenvalue weighted by molar-refractivity contribution is 0.627. The number of hydrogen-bond donors (Lipinski definition) is 0. The van der Waals surface area contributed by atoms with Gasteiger partial charge in [-0.1, -0.05) is 23.6 Å². The highest BCUT2D eigenvalue weighted by Gasteiger charge is 2.04. The molecule has 0 aliphatic rings. The molecule has 1 aromatic carbocycles. The van der Waals surface area contributed by atoms with Gasteiger partial charge in [0.2, 0.25) is 0 Å². The van der Waals surface area contributed by atoms with Crippen molar-refractivity contribution in [2.24, 2.45) is 0 Å². The minimum Gasteiger partial charge on any atom is -0.233 e. The summed E-state index contributed by atoms with van der Waals surface area (Å²) < 4.78 is 13.0. The van der Waals surface area contributed by atoms with E-state index in [1.807, 2.05) is 10.8 Å². The van der Waals surface area contributed by atoms with Gasteiger partial charge in [0.25, 0.3) is 0 Å². The largest absolute Gasteiger partial charge is 0.233 e. The quantitative estimate of drug-likeness (QED) is 0.587. The van der Waals surface area contributed by atoms with Crippen molar-refractivity contribution >= 4 is 34.0 Å². The van der Waals surface area contributed by atoms with Gasteiger partial charge in [-0.15, -0.1) is 11.3 Å². The van der Waals surface area contributed by atoms with Crippen molar-refractivity contribution in [2.75, 3.05) is 0 Å². The first-order valence-corrected chi connectivity index (χ1v) is 6.71. The van der Waals surface area contributed by atoms with Crippen LogP contribution in [-0.2, 0) is 0 Å². The number of fused-ring (bicyclic) bond motifs is 1. The number of nitrogens with zero attached hydrogens (tertiary/aromatic N) is 2. The van der Waals surface area contributed by atoms with Crippen LogP contribution in [0.15, 0.2) is 35.0 Å². The molecule has 0 fully saturated rings. The van der Waals surface area contributed by atoms with E-state index in [-0.39, 0.29) is 11.0 Å². The van der Waals surface area contributed by atoms with Gasteiger partial charge in [-0.2, -0.15) is 0 Å². The first-order chi connectivity index (χ1) is 9.22. The van der Waals surface area contributed by atoms with E-state index in [1.165, 1.54) is 23.5 Å². The molecule has 2 aromatic heterocycles.